The number of H-pyrrole nitrogens is 1. The molecule has 3 aromatic rings. The number of hydrogen-bond acceptors (Lipinski definition) is 2. The van der Waals surface area contributed by atoms with Gasteiger partial charge in [0.1, 0.15) is 0 Å². The Bertz CT molecular complexity index is 796. The summed E-state index contributed by atoms with van der Waals surface area (Å²) < 4.78 is 0. The van der Waals surface area contributed by atoms with E-state index in [0.29, 0.717) is 0 Å². The standard InChI is InChI=1S/C17H17N3/c1-2-3-6-10-19-17-14-9-11-20-16(14)13-8-5-4-7-12(13)15(17)18/h2-9,11,19-20H,1,10,18H2/b6-3-. The molecule has 20 heavy (non-hydrogen) atoms. The number of hydrogen-bond donors (Lipinski definition) is 3. The van der Waals surface area contributed by atoms with Crippen LogP contribution >= 0.6 is 0 Å². The van der Waals surface area contributed by atoms with Crippen molar-refractivity contribution in [3.05, 3.63) is 61.3 Å². The van der Waals surface area contributed by atoms with E-state index in [2.05, 4.69) is 35.1 Å². The second-order valence-corrected chi connectivity index (χ2v) is 4.65. The number of aromatic nitrogens is 1. The summed E-state index contributed by atoms with van der Waals surface area (Å²) in [5.74, 6) is 0. The number of benzene rings is 2. The molecule has 3 heteroatoms. The van der Waals surface area contributed by atoms with E-state index in [1.807, 2.05) is 30.5 Å². The monoisotopic (exact) mass is 263 g/mol. The highest BCUT2D eigenvalue weighted by Gasteiger charge is 2.11. The fourth-order valence-corrected chi connectivity index (χ4v) is 2.53. The maximum Gasteiger partial charge on any atom is 0.0678 e. The highest BCUT2D eigenvalue weighted by Crippen LogP contribution is 2.37. The van der Waals surface area contributed by atoms with Gasteiger partial charge >= 0.3 is 0 Å². The summed E-state index contributed by atoms with van der Waals surface area (Å²) in [6, 6.07) is 10.2. The molecule has 0 atom stereocenters. The molecule has 0 spiro atoms. The van der Waals surface area contributed by atoms with Crippen molar-refractivity contribution < 1.29 is 0 Å². The van der Waals surface area contributed by atoms with Crippen LogP contribution in [0.2, 0.25) is 0 Å². The summed E-state index contributed by atoms with van der Waals surface area (Å²) in [5, 5.41) is 6.73. The molecule has 4 N–H and O–H groups in total. The van der Waals surface area contributed by atoms with Crippen LogP contribution in [-0.4, -0.2) is 11.5 Å². The molecule has 0 saturated carbocycles. The van der Waals surface area contributed by atoms with Gasteiger partial charge in [-0.2, -0.15) is 0 Å². The summed E-state index contributed by atoms with van der Waals surface area (Å²) in [4.78, 5) is 3.30. The van der Waals surface area contributed by atoms with E-state index in [1.165, 1.54) is 0 Å². The van der Waals surface area contributed by atoms with Gasteiger partial charge in [0.05, 0.1) is 16.9 Å². The van der Waals surface area contributed by atoms with E-state index in [9.17, 15) is 0 Å². The van der Waals surface area contributed by atoms with Crippen LogP contribution in [0.25, 0.3) is 21.7 Å². The van der Waals surface area contributed by atoms with Crippen LogP contribution in [0.5, 0.6) is 0 Å². The van der Waals surface area contributed by atoms with Crippen molar-refractivity contribution in [2.75, 3.05) is 17.6 Å². The van der Waals surface area contributed by atoms with Gasteiger partial charge in [0, 0.05) is 28.9 Å². The van der Waals surface area contributed by atoms with Gasteiger partial charge in [-0.1, -0.05) is 49.1 Å². The molecule has 0 aliphatic heterocycles. The SMILES string of the molecule is C=C/C=C\CNc1c(N)c2ccccc2c2[nH]ccc12. The predicted molar refractivity (Wildman–Crippen MR) is 88.0 cm³/mol. The van der Waals surface area contributed by atoms with Crippen molar-refractivity contribution in [1.29, 1.82) is 0 Å². The van der Waals surface area contributed by atoms with Crippen molar-refractivity contribution in [1.82, 2.24) is 4.98 Å². The van der Waals surface area contributed by atoms with E-state index in [4.69, 9.17) is 5.73 Å². The summed E-state index contributed by atoms with van der Waals surface area (Å²) in [6.45, 7) is 4.38. The van der Waals surface area contributed by atoms with Crippen LogP contribution in [0.1, 0.15) is 0 Å². The fraction of sp³-hybridized carbons (Fsp3) is 0.0588. The van der Waals surface area contributed by atoms with E-state index in [0.717, 1.165) is 39.6 Å². The zero-order chi connectivity index (χ0) is 13.9. The topological polar surface area (TPSA) is 53.8 Å². The molecule has 2 aromatic carbocycles. The number of nitrogens with two attached hydrogens (primary N) is 1. The van der Waals surface area contributed by atoms with E-state index < -0.39 is 0 Å². The Labute approximate surface area is 117 Å². The largest absolute Gasteiger partial charge is 0.397 e. The Morgan fingerprint density at radius 1 is 1.15 bits per heavy atom. The Morgan fingerprint density at radius 3 is 2.75 bits per heavy atom. The fourth-order valence-electron chi connectivity index (χ4n) is 2.53. The van der Waals surface area contributed by atoms with Gasteiger partial charge < -0.3 is 16.0 Å². The number of rotatable bonds is 4. The maximum absolute atomic E-state index is 6.34. The first-order valence-corrected chi connectivity index (χ1v) is 6.61. The van der Waals surface area contributed by atoms with Gasteiger partial charge in [0.15, 0.2) is 0 Å². The molecule has 1 heterocycles. The molecule has 0 unspecified atom stereocenters. The second-order valence-electron chi connectivity index (χ2n) is 4.65. The summed E-state index contributed by atoms with van der Waals surface area (Å²) in [7, 11) is 0. The van der Waals surface area contributed by atoms with Gasteiger partial charge in [-0.25, -0.2) is 0 Å². The van der Waals surface area contributed by atoms with Gasteiger partial charge in [-0.3, -0.25) is 0 Å². The summed E-state index contributed by atoms with van der Waals surface area (Å²) in [5.41, 5.74) is 9.23. The minimum Gasteiger partial charge on any atom is -0.397 e. The van der Waals surface area contributed by atoms with Crippen molar-refractivity contribution in [3.8, 4) is 0 Å². The van der Waals surface area contributed by atoms with Crippen LogP contribution < -0.4 is 11.1 Å². The first-order valence-electron chi connectivity index (χ1n) is 6.61. The Kier molecular flexibility index (Phi) is 3.17. The van der Waals surface area contributed by atoms with Gasteiger partial charge in [-0.15, -0.1) is 0 Å². The third-order valence-corrected chi connectivity index (χ3v) is 3.44. The average Bonchev–Trinajstić information content (AvgIpc) is 2.96. The lowest BCUT2D eigenvalue weighted by Crippen LogP contribution is -2.03. The number of allylic oxidation sites excluding steroid dienone is 2. The lowest BCUT2D eigenvalue weighted by Gasteiger charge is -2.13. The van der Waals surface area contributed by atoms with E-state index in [-0.39, 0.29) is 0 Å². The second kappa shape index (κ2) is 5.13. The highest BCUT2D eigenvalue weighted by atomic mass is 14.9. The average molecular weight is 263 g/mol. The van der Waals surface area contributed by atoms with Crippen molar-refractivity contribution in [2.24, 2.45) is 0 Å². The number of nitrogens with one attached hydrogen (secondary N) is 2. The first kappa shape index (κ1) is 12.4. The zero-order valence-corrected chi connectivity index (χ0v) is 11.2. The van der Waals surface area contributed by atoms with Crippen LogP contribution in [0.15, 0.2) is 61.3 Å². The lowest BCUT2D eigenvalue weighted by molar-refractivity contribution is 1.35. The molecule has 0 fully saturated rings. The van der Waals surface area contributed by atoms with Gasteiger partial charge in [0.25, 0.3) is 0 Å². The molecule has 1 aromatic heterocycles. The minimum absolute atomic E-state index is 0.717. The zero-order valence-electron chi connectivity index (χ0n) is 11.2. The van der Waals surface area contributed by atoms with Crippen LogP contribution in [0, 0.1) is 0 Å². The molecule has 0 aliphatic carbocycles. The third kappa shape index (κ3) is 1.93. The summed E-state index contributed by atoms with van der Waals surface area (Å²) >= 11 is 0. The van der Waals surface area contributed by atoms with Crippen molar-refractivity contribution in [3.63, 3.8) is 0 Å². The molecular formula is C17H17N3. The Morgan fingerprint density at radius 2 is 1.95 bits per heavy atom. The molecule has 3 rings (SSSR count). The number of fused-ring (bicyclic) bond motifs is 3. The molecular weight excluding hydrogens is 246 g/mol. The number of anilines is 2. The highest BCUT2D eigenvalue weighted by molar-refractivity contribution is 6.18. The molecule has 0 radical (unpaired) electrons. The molecule has 0 bridgehead atoms. The first-order chi connectivity index (χ1) is 9.83. The summed E-state index contributed by atoms with van der Waals surface area (Å²) in [6.07, 6.45) is 7.64. The van der Waals surface area contributed by atoms with Gasteiger partial charge in [0.2, 0.25) is 0 Å². The van der Waals surface area contributed by atoms with E-state index >= 15 is 0 Å². The molecule has 3 nitrogen and oxygen atoms in total. The molecule has 0 saturated heterocycles. The van der Waals surface area contributed by atoms with Gasteiger partial charge in [-0.05, 0) is 6.07 Å². The number of nitrogen functional groups attached to an aromatic ring is 1. The number of aromatic amines is 1. The maximum atomic E-state index is 6.34. The minimum atomic E-state index is 0.717. The van der Waals surface area contributed by atoms with Crippen molar-refractivity contribution >= 4 is 33.1 Å². The Balaban J connectivity index is 2.17. The smallest absolute Gasteiger partial charge is 0.0678 e. The molecule has 0 aliphatic rings. The van der Waals surface area contributed by atoms with Crippen LogP contribution in [0.3, 0.4) is 0 Å². The molecule has 100 valence electrons. The van der Waals surface area contributed by atoms with E-state index in [1.54, 1.807) is 6.08 Å². The normalized spacial score (nSPS) is 11.4. The van der Waals surface area contributed by atoms with Crippen molar-refractivity contribution in [2.45, 2.75) is 0 Å². The molecule has 0 amide bonds. The lowest BCUT2D eigenvalue weighted by atomic mass is 10.0. The van der Waals surface area contributed by atoms with Crippen LogP contribution in [-0.2, 0) is 0 Å². The predicted octanol–water partition coefficient (Wildman–Crippen LogP) is 4.06. The Hall–Kier alpha value is -2.68. The van der Waals surface area contributed by atoms with Crippen LogP contribution in [0.4, 0.5) is 11.4 Å². The third-order valence-electron chi connectivity index (χ3n) is 3.44. The quantitative estimate of drug-likeness (QED) is 0.378.